The Kier molecular flexibility index (Phi) is 10.6. The molecule has 0 aliphatic carbocycles. The van der Waals surface area contributed by atoms with Crippen molar-refractivity contribution < 1.29 is 4.74 Å². The van der Waals surface area contributed by atoms with Crippen molar-refractivity contribution in [3.05, 3.63) is 125 Å². The van der Waals surface area contributed by atoms with Crippen molar-refractivity contribution in [2.75, 3.05) is 11.9 Å². The third-order valence-corrected chi connectivity index (χ3v) is 7.37. The summed E-state index contributed by atoms with van der Waals surface area (Å²) < 4.78 is 6.36. The fourth-order valence-electron chi connectivity index (χ4n) is 5.08. The lowest BCUT2D eigenvalue weighted by Gasteiger charge is -2.22. The van der Waals surface area contributed by atoms with Gasteiger partial charge in [0.05, 0.1) is 18.0 Å². The molecule has 1 heterocycles. The van der Waals surface area contributed by atoms with Gasteiger partial charge in [-0.15, -0.1) is 0 Å². The van der Waals surface area contributed by atoms with Crippen LogP contribution >= 0.6 is 0 Å². The van der Waals surface area contributed by atoms with E-state index in [9.17, 15) is 0 Å². The first-order chi connectivity index (χ1) is 19.5. The third-order valence-electron chi connectivity index (χ3n) is 7.37. The van der Waals surface area contributed by atoms with Crippen LogP contribution in [0.2, 0.25) is 0 Å². The first-order valence-corrected chi connectivity index (χ1v) is 14.8. The Hall–Kier alpha value is -3.85. The predicted octanol–water partition coefficient (Wildman–Crippen LogP) is 10.4. The van der Waals surface area contributed by atoms with Gasteiger partial charge < -0.3 is 10.1 Å². The molecule has 3 aromatic rings. The van der Waals surface area contributed by atoms with Crippen LogP contribution in [0.25, 0.3) is 6.08 Å². The first kappa shape index (κ1) is 29.1. The second-order valence-corrected chi connectivity index (χ2v) is 10.9. The number of hydrogen-bond acceptors (Lipinski definition) is 3. The van der Waals surface area contributed by atoms with E-state index in [0.29, 0.717) is 0 Å². The normalized spacial score (nSPS) is 14.8. The summed E-state index contributed by atoms with van der Waals surface area (Å²) in [4.78, 5) is 5.03. The summed E-state index contributed by atoms with van der Waals surface area (Å²) in [5.41, 5.74) is 7.68. The molecular weight excluding hydrogens is 488 g/mol. The molecule has 1 aliphatic heterocycles. The van der Waals surface area contributed by atoms with E-state index in [0.717, 1.165) is 53.4 Å². The minimum atomic E-state index is -0.164. The number of ether oxygens (including phenoxy) is 1. The molecule has 1 aliphatic rings. The zero-order chi connectivity index (χ0) is 28.2. The molecule has 3 heteroatoms. The third kappa shape index (κ3) is 7.63. The number of nitrogens with zero attached hydrogens (tertiary/aromatic N) is 1. The highest BCUT2D eigenvalue weighted by Gasteiger charge is 2.35. The van der Waals surface area contributed by atoms with E-state index in [1.165, 1.54) is 36.8 Å². The van der Waals surface area contributed by atoms with Crippen LogP contribution in [0.1, 0.15) is 82.9 Å². The van der Waals surface area contributed by atoms with Gasteiger partial charge in [-0.1, -0.05) is 114 Å². The van der Waals surface area contributed by atoms with Gasteiger partial charge in [0.2, 0.25) is 0 Å². The molecule has 208 valence electrons. The Bertz CT molecular complexity index is 1350. The number of rotatable bonds is 14. The van der Waals surface area contributed by atoms with Gasteiger partial charge >= 0.3 is 0 Å². The molecule has 0 saturated heterocycles. The van der Waals surface area contributed by atoms with E-state index < -0.39 is 0 Å². The quantitative estimate of drug-likeness (QED) is 0.127. The highest BCUT2D eigenvalue weighted by Crippen LogP contribution is 2.42. The van der Waals surface area contributed by atoms with Gasteiger partial charge in [0, 0.05) is 22.9 Å². The van der Waals surface area contributed by atoms with Crippen LogP contribution in [-0.2, 0) is 10.2 Å². The largest absolute Gasteiger partial charge is 0.493 e. The average Bonchev–Trinajstić information content (AvgIpc) is 3.25. The van der Waals surface area contributed by atoms with Crippen molar-refractivity contribution >= 4 is 23.2 Å². The van der Waals surface area contributed by atoms with Crippen LogP contribution in [0.4, 0.5) is 11.4 Å². The lowest BCUT2D eigenvalue weighted by Crippen LogP contribution is -2.26. The predicted molar refractivity (Wildman–Crippen MR) is 172 cm³/mol. The summed E-state index contributed by atoms with van der Waals surface area (Å²) in [7, 11) is 0. The molecule has 3 aromatic carbocycles. The molecule has 0 unspecified atom stereocenters. The molecule has 0 atom stereocenters. The summed E-state index contributed by atoms with van der Waals surface area (Å²) in [6.45, 7) is 9.68. The van der Waals surface area contributed by atoms with E-state index in [-0.39, 0.29) is 5.41 Å². The maximum atomic E-state index is 6.36. The fourth-order valence-corrected chi connectivity index (χ4v) is 5.08. The zero-order valence-electron chi connectivity index (χ0n) is 24.6. The SMILES string of the molecule is CC/C=C(OCCCCCCC)/C(=C\Nc1ccccc1)/C=C/c1ccc2c(c1)C(C)(C)C(c1ccccc1)=N2. The number of benzene rings is 3. The first-order valence-electron chi connectivity index (χ1n) is 14.8. The Morgan fingerprint density at radius 1 is 0.875 bits per heavy atom. The van der Waals surface area contributed by atoms with E-state index in [2.05, 4.69) is 118 Å². The van der Waals surface area contributed by atoms with Crippen LogP contribution in [-0.4, -0.2) is 12.3 Å². The van der Waals surface area contributed by atoms with Gasteiger partial charge in [-0.2, -0.15) is 0 Å². The highest BCUT2D eigenvalue weighted by atomic mass is 16.5. The maximum absolute atomic E-state index is 6.36. The standard InChI is InChI=1S/C37H44N2O/c1-5-7-8-9-16-26-40-35(17-6-2)31(28-38-32-20-14-11-15-21-32)24-22-29-23-25-34-33(27-29)37(3,4)36(39-34)30-18-12-10-13-19-30/h10-15,17-25,27-28,38H,5-9,16,26H2,1-4H3/b24-22+,31-28-,35-17-. The monoisotopic (exact) mass is 532 g/mol. The average molecular weight is 533 g/mol. The van der Waals surface area contributed by atoms with Crippen molar-refractivity contribution in [2.24, 2.45) is 4.99 Å². The number of anilines is 1. The number of unbranched alkanes of at least 4 members (excludes halogenated alkanes) is 4. The number of fused-ring (bicyclic) bond motifs is 1. The Labute approximate surface area is 241 Å². The number of para-hydroxylation sites is 1. The number of hydrogen-bond donors (Lipinski definition) is 1. The number of aliphatic imine (C=N–C) groups is 1. The Balaban J connectivity index is 1.56. The Morgan fingerprint density at radius 3 is 2.33 bits per heavy atom. The minimum absolute atomic E-state index is 0.164. The molecule has 0 spiro atoms. The molecule has 3 nitrogen and oxygen atoms in total. The summed E-state index contributed by atoms with van der Waals surface area (Å²) in [5.74, 6) is 0.925. The van der Waals surface area contributed by atoms with E-state index >= 15 is 0 Å². The van der Waals surface area contributed by atoms with Crippen LogP contribution < -0.4 is 5.32 Å². The van der Waals surface area contributed by atoms with Crippen LogP contribution in [0.3, 0.4) is 0 Å². The molecule has 0 aromatic heterocycles. The van der Waals surface area contributed by atoms with Crippen LogP contribution in [0.15, 0.2) is 114 Å². The fraction of sp³-hybridized carbons (Fsp3) is 0.324. The van der Waals surface area contributed by atoms with Gasteiger partial charge in [-0.25, -0.2) is 0 Å². The van der Waals surface area contributed by atoms with Crippen molar-refractivity contribution in [1.29, 1.82) is 0 Å². The Morgan fingerprint density at radius 2 is 1.60 bits per heavy atom. The lowest BCUT2D eigenvalue weighted by molar-refractivity contribution is 0.212. The molecule has 0 amide bonds. The van der Waals surface area contributed by atoms with Crippen molar-refractivity contribution in [3.63, 3.8) is 0 Å². The summed E-state index contributed by atoms with van der Waals surface area (Å²) in [6, 6.07) is 27.4. The van der Waals surface area contributed by atoms with Gasteiger partial charge in [0.15, 0.2) is 0 Å². The van der Waals surface area contributed by atoms with Crippen molar-refractivity contribution in [1.82, 2.24) is 0 Å². The van der Waals surface area contributed by atoms with E-state index in [4.69, 9.17) is 9.73 Å². The van der Waals surface area contributed by atoms with E-state index in [1.807, 2.05) is 18.2 Å². The smallest absolute Gasteiger partial charge is 0.123 e. The molecular formula is C37H44N2O. The summed E-state index contributed by atoms with van der Waals surface area (Å²) in [6.07, 6.45) is 15.6. The van der Waals surface area contributed by atoms with Gasteiger partial charge in [-0.05, 0) is 65.9 Å². The molecule has 0 saturated carbocycles. The number of allylic oxidation sites excluding steroid dienone is 2. The van der Waals surface area contributed by atoms with Gasteiger partial charge in [0.25, 0.3) is 0 Å². The molecule has 1 N–H and O–H groups in total. The summed E-state index contributed by atoms with van der Waals surface area (Å²) in [5, 5.41) is 3.46. The number of nitrogens with one attached hydrogen (secondary N) is 1. The van der Waals surface area contributed by atoms with Crippen molar-refractivity contribution in [2.45, 2.75) is 71.6 Å². The highest BCUT2D eigenvalue weighted by molar-refractivity contribution is 6.12. The maximum Gasteiger partial charge on any atom is 0.123 e. The molecule has 4 rings (SSSR count). The second kappa shape index (κ2) is 14.5. The van der Waals surface area contributed by atoms with E-state index in [1.54, 1.807) is 0 Å². The summed E-state index contributed by atoms with van der Waals surface area (Å²) >= 11 is 0. The van der Waals surface area contributed by atoms with Crippen molar-refractivity contribution in [3.8, 4) is 0 Å². The van der Waals surface area contributed by atoms with Crippen LogP contribution in [0, 0.1) is 0 Å². The zero-order valence-corrected chi connectivity index (χ0v) is 24.6. The second-order valence-electron chi connectivity index (χ2n) is 10.9. The molecule has 0 bridgehead atoms. The minimum Gasteiger partial charge on any atom is -0.493 e. The van der Waals surface area contributed by atoms with Crippen LogP contribution in [0.5, 0.6) is 0 Å². The lowest BCUT2D eigenvalue weighted by atomic mass is 9.78. The van der Waals surface area contributed by atoms with Gasteiger partial charge in [-0.3, -0.25) is 4.99 Å². The topological polar surface area (TPSA) is 33.6 Å². The van der Waals surface area contributed by atoms with Gasteiger partial charge in [0.1, 0.15) is 5.76 Å². The molecule has 40 heavy (non-hydrogen) atoms. The molecule has 0 fully saturated rings. The molecule has 0 radical (unpaired) electrons.